The van der Waals surface area contributed by atoms with E-state index in [1.165, 1.54) is 0 Å². The van der Waals surface area contributed by atoms with Gasteiger partial charge >= 0.3 is 12.1 Å². The number of ether oxygens (including phenoxy) is 1. The van der Waals surface area contributed by atoms with Gasteiger partial charge in [-0.1, -0.05) is 38.3 Å². The van der Waals surface area contributed by atoms with Crippen molar-refractivity contribution in [2.75, 3.05) is 6.61 Å². The monoisotopic (exact) mass is 302 g/mol. The van der Waals surface area contributed by atoms with Crippen molar-refractivity contribution in [2.24, 2.45) is 0 Å². The first-order valence-corrected chi connectivity index (χ1v) is 6.75. The summed E-state index contributed by atoms with van der Waals surface area (Å²) in [6.07, 6.45) is -1.07. The summed E-state index contributed by atoms with van der Waals surface area (Å²) >= 11 is 0. The first-order chi connectivity index (χ1) is 9.86. The largest absolute Gasteiger partial charge is 0.462 e. The van der Waals surface area contributed by atoms with Crippen LogP contribution in [-0.2, 0) is 4.74 Å². The van der Waals surface area contributed by atoms with Crippen LogP contribution in [0.1, 0.15) is 53.3 Å². The van der Waals surface area contributed by atoms with E-state index >= 15 is 0 Å². The highest BCUT2D eigenvalue weighted by atomic mass is 19.4. The molecule has 0 saturated heterocycles. The number of hydrogen-bond acceptors (Lipinski definition) is 3. The Balaban J connectivity index is 2.54. The van der Waals surface area contributed by atoms with Crippen LogP contribution < -0.4 is 0 Å². The van der Waals surface area contributed by atoms with E-state index in [0.29, 0.717) is 0 Å². The Labute approximate surface area is 121 Å². The number of Topliss-reactive ketones (excluding diaryl/α,β-unsaturated/α-hetero) is 1. The number of benzene rings is 1. The Hall–Kier alpha value is -1.85. The second-order valence-electron chi connectivity index (χ2n) is 4.60. The Morgan fingerprint density at radius 2 is 1.57 bits per heavy atom. The van der Waals surface area contributed by atoms with E-state index in [-0.39, 0.29) is 12.2 Å². The molecule has 0 fully saturated rings. The van der Waals surface area contributed by atoms with Gasteiger partial charge in [0.2, 0.25) is 0 Å². The first kappa shape index (κ1) is 17.2. The molecule has 0 spiro atoms. The van der Waals surface area contributed by atoms with Gasteiger partial charge in [-0.2, -0.15) is 13.2 Å². The van der Waals surface area contributed by atoms with Crippen LogP contribution >= 0.6 is 0 Å². The molecule has 0 bridgehead atoms. The van der Waals surface area contributed by atoms with Gasteiger partial charge in [0, 0.05) is 5.56 Å². The molecule has 0 aromatic heterocycles. The lowest BCUT2D eigenvalue weighted by Crippen LogP contribution is -2.22. The lowest BCUT2D eigenvalue weighted by atomic mass is 10.1. The number of halogens is 3. The number of rotatable bonds is 7. The van der Waals surface area contributed by atoms with Crippen LogP contribution in [0.2, 0.25) is 0 Å². The standard InChI is InChI=1S/C15H17F3O3/c1-2-3-4-5-10-21-14(20)12-8-6-11(7-9-12)13(19)15(16,17)18/h6-9H,2-5,10H2,1H3. The predicted molar refractivity (Wildman–Crippen MR) is 71.3 cm³/mol. The van der Waals surface area contributed by atoms with Gasteiger partial charge in [0.15, 0.2) is 0 Å². The van der Waals surface area contributed by atoms with Crippen molar-refractivity contribution in [3.05, 3.63) is 35.4 Å². The molecule has 3 nitrogen and oxygen atoms in total. The topological polar surface area (TPSA) is 43.4 Å². The Bertz CT molecular complexity index is 478. The van der Waals surface area contributed by atoms with E-state index in [9.17, 15) is 22.8 Å². The molecule has 1 aromatic rings. The number of hydrogen-bond donors (Lipinski definition) is 0. The molecule has 0 atom stereocenters. The zero-order valence-corrected chi connectivity index (χ0v) is 11.7. The summed E-state index contributed by atoms with van der Waals surface area (Å²) in [7, 11) is 0. The molecular formula is C15H17F3O3. The zero-order chi connectivity index (χ0) is 15.9. The number of carbonyl (C=O) groups is 2. The Morgan fingerprint density at radius 1 is 1.00 bits per heavy atom. The van der Waals surface area contributed by atoms with E-state index in [2.05, 4.69) is 6.92 Å². The van der Waals surface area contributed by atoms with Gasteiger partial charge in [0.1, 0.15) is 0 Å². The van der Waals surface area contributed by atoms with E-state index in [0.717, 1.165) is 49.9 Å². The van der Waals surface area contributed by atoms with Crippen molar-refractivity contribution in [2.45, 2.75) is 38.8 Å². The normalized spacial score (nSPS) is 11.2. The van der Waals surface area contributed by atoms with Crippen molar-refractivity contribution in [3.63, 3.8) is 0 Å². The fraction of sp³-hybridized carbons (Fsp3) is 0.467. The number of ketones is 1. The maximum Gasteiger partial charge on any atom is 0.454 e. The van der Waals surface area contributed by atoms with E-state index < -0.39 is 23.5 Å². The zero-order valence-electron chi connectivity index (χ0n) is 11.7. The third-order valence-corrected chi connectivity index (χ3v) is 2.87. The van der Waals surface area contributed by atoms with Gasteiger partial charge in [-0.3, -0.25) is 4.79 Å². The van der Waals surface area contributed by atoms with Crippen LogP contribution in [0, 0.1) is 0 Å². The molecule has 0 radical (unpaired) electrons. The van der Waals surface area contributed by atoms with Crippen LogP contribution in [-0.4, -0.2) is 24.5 Å². The van der Waals surface area contributed by atoms with E-state index in [4.69, 9.17) is 4.74 Å². The summed E-state index contributed by atoms with van der Waals surface area (Å²) in [6.45, 7) is 2.35. The molecule has 6 heteroatoms. The summed E-state index contributed by atoms with van der Waals surface area (Å²) < 4.78 is 41.7. The third-order valence-electron chi connectivity index (χ3n) is 2.87. The number of esters is 1. The maximum atomic E-state index is 12.2. The minimum absolute atomic E-state index is 0.129. The van der Waals surface area contributed by atoms with Gasteiger partial charge in [-0.05, 0) is 18.6 Å². The average molecular weight is 302 g/mol. The Kier molecular flexibility index (Phi) is 6.39. The molecule has 1 aromatic carbocycles. The van der Waals surface area contributed by atoms with Gasteiger partial charge in [-0.25, -0.2) is 4.79 Å². The average Bonchev–Trinajstić information content (AvgIpc) is 2.45. The number of carbonyl (C=O) groups excluding carboxylic acids is 2. The minimum Gasteiger partial charge on any atom is -0.462 e. The summed E-state index contributed by atoms with van der Waals surface area (Å²) in [4.78, 5) is 22.6. The van der Waals surface area contributed by atoms with Crippen molar-refractivity contribution >= 4 is 11.8 Å². The van der Waals surface area contributed by atoms with Crippen molar-refractivity contribution < 1.29 is 27.5 Å². The molecule has 0 aliphatic carbocycles. The fourth-order valence-corrected chi connectivity index (χ4v) is 1.70. The van der Waals surface area contributed by atoms with E-state index in [1.54, 1.807) is 0 Å². The number of unbranched alkanes of at least 4 members (excludes halogenated alkanes) is 3. The molecule has 0 unspecified atom stereocenters. The van der Waals surface area contributed by atoms with E-state index in [1.807, 2.05) is 0 Å². The van der Waals surface area contributed by atoms with Gasteiger partial charge in [0.25, 0.3) is 5.78 Å². The second-order valence-corrected chi connectivity index (χ2v) is 4.60. The third kappa shape index (κ3) is 5.57. The van der Waals surface area contributed by atoms with Crippen molar-refractivity contribution in [1.82, 2.24) is 0 Å². The molecule has 0 amide bonds. The quantitative estimate of drug-likeness (QED) is 0.431. The lowest BCUT2D eigenvalue weighted by molar-refractivity contribution is -0.0885. The van der Waals surface area contributed by atoms with Crippen molar-refractivity contribution in [3.8, 4) is 0 Å². The van der Waals surface area contributed by atoms with Crippen LogP contribution in [0.15, 0.2) is 24.3 Å². The molecule has 0 N–H and O–H groups in total. The lowest BCUT2D eigenvalue weighted by Gasteiger charge is -2.07. The summed E-state index contributed by atoms with van der Waals surface area (Å²) in [5, 5.41) is 0. The smallest absolute Gasteiger partial charge is 0.454 e. The van der Waals surface area contributed by atoms with Crippen LogP contribution in [0.5, 0.6) is 0 Å². The van der Waals surface area contributed by atoms with Crippen molar-refractivity contribution in [1.29, 1.82) is 0 Å². The summed E-state index contributed by atoms with van der Waals surface area (Å²) in [6, 6.07) is 4.27. The van der Waals surface area contributed by atoms with Gasteiger partial charge in [-0.15, -0.1) is 0 Å². The van der Waals surface area contributed by atoms with Crippen LogP contribution in [0.25, 0.3) is 0 Å². The highest BCUT2D eigenvalue weighted by molar-refractivity contribution is 6.01. The predicted octanol–water partition coefficient (Wildman–Crippen LogP) is 4.17. The molecule has 0 aliphatic rings. The van der Waals surface area contributed by atoms with Crippen LogP contribution in [0.3, 0.4) is 0 Å². The van der Waals surface area contributed by atoms with Gasteiger partial charge in [0.05, 0.1) is 12.2 Å². The molecule has 0 aliphatic heterocycles. The van der Waals surface area contributed by atoms with Crippen LogP contribution in [0.4, 0.5) is 13.2 Å². The molecule has 0 heterocycles. The second kappa shape index (κ2) is 7.81. The highest BCUT2D eigenvalue weighted by Crippen LogP contribution is 2.21. The highest BCUT2D eigenvalue weighted by Gasteiger charge is 2.39. The molecule has 0 saturated carbocycles. The Morgan fingerprint density at radius 3 is 2.10 bits per heavy atom. The molecule has 116 valence electrons. The molecular weight excluding hydrogens is 285 g/mol. The molecule has 21 heavy (non-hydrogen) atoms. The fourth-order valence-electron chi connectivity index (χ4n) is 1.70. The maximum absolute atomic E-state index is 12.2. The molecule has 1 rings (SSSR count). The SMILES string of the molecule is CCCCCCOC(=O)c1ccc(C(=O)C(F)(F)F)cc1. The summed E-state index contributed by atoms with van der Waals surface area (Å²) in [5.74, 6) is -2.53. The first-order valence-electron chi connectivity index (χ1n) is 6.75. The summed E-state index contributed by atoms with van der Waals surface area (Å²) in [5.41, 5.74) is -0.369. The van der Waals surface area contributed by atoms with Gasteiger partial charge < -0.3 is 4.74 Å². The minimum atomic E-state index is -4.92. The number of alkyl halides is 3.